The third-order valence-electron chi connectivity index (χ3n) is 8.15. The number of nitrogens with zero attached hydrogens (tertiary/aromatic N) is 4. The molecule has 2 aliphatic rings. The molecule has 0 radical (unpaired) electrons. The third-order valence-corrected chi connectivity index (χ3v) is 8.15. The Labute approximate surface area is 243 Å². The van der Waals surface area contributed by atoms with Gasteiger partial charge in [0.15, 0.2) is 6.73 Å². The number of hydrogen-bond donors (Lipinski definition) is 0. The lowest BCUT2D eigenvalue weighted by Crippen LogP contribution is -2.46. The number of aryl methyl sites for hydroxylation is 1. The van der Waals surface area contributed by atoms with Gasteiger partial charge in [-0.05, 0) is 55.3 Å². The second-order valence-corrected chi connectivity index (χ2v) is 11.1. The maximum absolute atomic E-state index is 12.6. The zero-order valence-electron chi connectivity index (χ0n) is 24.4. The minimum Gasteiger partial charge on any atom is -0.478 e. The Balaban J connectivity index is 1.06. The highest BCUT2D eigenvalue weighted by Crippen LogP contribution is 2.29. The van der Waals surface area contributed by atoms with Gasteiger partial charge in [-0.15, -0.1) is 0 Å². The maximum Gasteiger partial charge on any atom is 0.310 e. The summed E-state index contributed by atoms with van der Waals surface area (Å²) in [7, 11) is 0. The third kappa shape index (κ3) is 7.17. The largest absolute Gasteiger partial charge is 0.478 e. The number of rotatable bonds is 12. The topological polar surface area (TPSA) is 75.2 Å². The molecular weight excluding hydrogens is 516 g/mol. The first-order valence-corrected chi connectivity index (χ1v) is 15.1. The van der Waals surface area contributed by atoms with Crippen molar-refractivity contribution >= 4 is 34.2 Å². The number of carbonyl (C=O) groups is 2. The van der Waals surface area contributed by atoms with Gasteiger partial charge in [0.25, 0.3) is 0 Å². The van der Waals surface area contributed by atoms with Crippen LogP contribution < -0.4 is 14.5 Å². The molecule has 1 unspecified atom stereocenters. The van der Waals surface area contributed by atoms with Crippen LogP contribution in [0.5, 0.6) is 5.88 Å². The molecule has 0 N–H and O–H groups in total. The van der Waals surface area contributed by atoms with Crippen LogP contribution in [0.2, 0.25) is 0 Å². The molecule has 218 valence electrons. The number of amides is 1. The van der Waals surface area contributed by atoms with E-state index in [-0.39, 0.29) is 24.5 Å². The molecule has 0 bridgehead atoms. The number of aromatic nitrogens is 1. The van der Waals surface area contributed by atoms with E-state index in [1.54, 1.807) is 0 Å². The van der Waals surface area contributed by atoms with Crippen LogP contribution in [0.1, 0.15) is 51.5 Å². The smallest absolute Gasteiger partial charge is 0.310 e. The van der Waals surface area contributed by atoms with Crippen LogP contribution >= 0.6 is 0 Å². The van der Waals surface area contributed by atoms with E-state index >= 15 is 0 Å². The Morgan fingerprint density at radius 3 is 2.61 bits per heavy atom. The van der Waals surface area contributed by atoms with Crippen LogP contribution in [-0.2, 0) is 20.7 Å². The highest BCUT2D eigenvalue weighted by molar-refractivity contribution is 5.95. The molecule has 8 nitrogen and oxygen atoms in total. The van der Waals surface area contributed by atoms with E-state index in [1.165, 1.54) is 21.4 Å². The predicted molar refractivity (Wildman–Crippen MR) is 162 cm³/mol. The fourth-order valence-electron chi connectivity index (χ4n) is 5.73. The van der Waals surface area contributed by atoms with Gasteiger partial charge in [0.1, 0.15) is 5.82 Å². The van der Waals surface area contributed by atoms with Crippen molar-refractivity contribution in [1.82, 2.24) is 9.88 Å². The van der Waals surface area contributed by atoms with E-state index in [0.29, 0.717) is 31.1 Å². The Hall–Kier alpha value is -3.65. The Kier molecular flexibility index (Phi) is 9.72. The van der Waals surface area contributed by atoms with Crippen LogP contribution in [0.15, 0.2) is 54.6 Å². The second kappa shape index (κ2) is 13.8. The van der Waals surface area contributed by atoms with Crippen molar-refractivity contribution in [3.05, 3.63) is 60.2 Å². The van der Waals surface area contributed by atoms with E-state index in [2.05, 4.69) is 57.2 Å². The molecule has 2 aromatic carbocycles. The summed E-state index contributed by atoms with van der Waals surface area (Å²) in [5.74, 6) is 0.486. The number of pyridine rings is 1. The van der Waals surface area contributed by atoms with Gasteiger partial charge in [-0.2, -0.15) is 4.98 Å². The summed E-state index contributed by atoms with van der Waals surface area (Å²) in [5, 5.41) is 2.62. The van der Waals surface area contributed by atoms with Crippen molar-refractivity contribution < 1.29 is 19.1 Å². The van der Waals surface area contributed by atoms with Crippen LogP contribution in [0, 0.1) is 5.92 Å². The SMILES string of the molecule is CCCC(C)C(=O)OCN1C(=O)CCc2ccc(OCCCCN3CCN(c4cccc5ccccc45)CC3)nc21. The van der Waals surface area contributed by atoms with Gasteiger partial charge in [-0.1, -0.05) is 56.7 Å². The number of carbonyl (C=O) groups excluding carboxylic acids is 2. The first-order valence-electron chi connectivity index (χ1n) is 15.1. The summed E-state index contributed by atoms with van der Waals surface area (Å²) in [6.45, 7) is 9.58. The Morgan fingerprint density at radius 2 is 1.78 bits per heavy atom. The number of hydrogen-bond acceptors (Lipinski definition) is 7. The van der Waals surface area contributed by atoms with Gasteiger partial charge < -0.3 is 14.4 Å². The summed E-state index contributed by atoms with van der Waals surface area (Å²) >= 11 is 0. The zero-order chi connectivity index (χ0) is 28.6. The Morgan fingerprint density at radius 1 is 0.976 bits per heavy atom. The number of esters is 1. The summed E-state index contributed by atoms with van der Waals surface area (Å²) < 4.78 is 11.4. The van der Waals surface area contributed by atoms with Gasteiger partial charge in [0.2, 0.25) is 11.8 Å². The molecule has 5 rings (SSSR count). The fraction of sp³-hybridized carbons (Fsp3) is 0.485. The predicted octanol–water partition coefficient (Wildman–Crippen LogP) is 5.43. The van der Waals surface area contributed by atoms with Crippen molar-refractivity contribution in [2.75, 3.05) is 55.9 Å². The highest BCUT2D eigenvalue weighted by Gasteiger charge is 2.28. The molecule has 1 amide bonds. The first kappa shape index (κ1) is 28.9. The summed E-state index contributed by atoms with van der Waals surface area (Å²) in [6, 6.07) is 19.0. The van der Waals surface area contributed by atoms with Crippen LogP contribution in [-0.4, -0.2) is 67.8 Å². The molecule has 3 heterocycles. The summed E-state index contributed by atoms with van der Waals surface area (Å²) in [5.41, 5.74) is 2.30. The first-order chi connectivity index (χ1) is 20.0. The van der Waals surface area contributed by atoms with E-state index in [1.807, 2.05) is 26.0 Å². The second-order valence-electron chi connectivity index (χ2n) is 11.1. The molecule has 1 saturated heterocycles. The zero-order valence-corrected chi connectivity index (χ0v) is 24.4. The van der Waals surface area contributed by atoms with Crippen molar-refractivity contribution in [3.8, 4) is 5.88 Å². The number of ether oxygens (including phenoxy) is 2. The monoisotopic (exact) mass is 558 g/mol. The van der Waals surface area contributed by atoms with Crippen molar-refractivity contribution in [2.45, 2.75) is 52.4 Å². The Bertz CT molecular complexity index is 1330. The maximum atomic E-state index is 12.6. The van der Waals surface area contributed by atoms with Gasteiger partial charge >= 0.3 is 5.97 Å². The van der Waals surface area contributed by atoms with E-state index < -0.39 is 0 Å². The summed E-state index contributed by atoms with van der Waals surface area (Å²) in [4.78, 5) is 36.1. The standard InChI is InChI=1S/C33H42N4O4/c1-3-9-25(2)33(39)41-24-37-31(38)17-15-27-14-16-30(34-32(27)37)40-23-7-6-18-35-19-21-36(22-20-35)29-13-8-11-26-10-4-5-12-28(26)29/h4-5,8,10-14,16,25H,3,6-7,9,15,17-24H2,1-2H3. The molecule has 2 aliphatic heterocycles. The normalized spacial score (nSPS) is 16.5. The molecule has 1 fully saturated rings. The molecule has 41 heavy (non-hydrogen) atoms. The molecule has 1 aromatic heterocycles. The number of fused-ring (bicyclic) bond motifs is 2. The fourth-order valence-corrected chi connectivity index (χ4v) is 5.73. The number of anilines is 2. The van der Waals surface area contributed by atoms with Crippen molar-refractivity contribution in [3.63, 3.8) is 0 Å². The molecule has 0 aliphatic carbocycles. The quantitative estimate of drug-likeness (QED) is 0.217. The average Bonchev–Trinajstić information content (AvgIpc) is 3.00. The highest BCUT2D eigenvalue weighted by atomic mass is 16.5. The molecular formula is C33H42N4O4. The van der Waals surface area contributed by atoms with Crippen molar-refractivity contribution in [1.29, 1.82) is 0 Å². The lowest BCUT2D eigenvalue weighted by molar-refractivity contribution is -0.148. The molecule has 8 heteroatoms. The van der Waals surface area contributed by atoms with Gasteiger partial charge in [-0.3, -0.25) is 19.4 Å². The summed E-state index contributed by atoms with van der Waals surface area (Å²) in [6.07, 6.45) is 4.67. The van der Waals surface area contributed by atoms with Crippen LogP contribution in [0.4, 0.5) is 11.5 Å². The lowest BCUT2D eigenvalue weighted by Gasteiger charge is -2.36. The molecule has 1 atom stereocenters. The average molecular weight is 559 g/mol. The van der Waals surface area contributed by atoms with Gasteiger partial charge in [0.05, 0.1) is 12.5 Å². The number of piperazine rings is 1. The lowest BCUT2D eigenvalue weighted by atomic mass is 10.1. The minimum absolute atomic E-state index is 0.0846. The van der Waals surface area contributed by atoms with E-state index in [0.717, 1.165) is 64.0 Å². The van der Waals surface area contributed by atoms with E-state index in [9.17, 15) is 9.59 Å². The van der Waals surface area contributed by atoms with Gasteiger partial charge in [-0.25, -0.2) is 0 Å². The molecule has 0 spiro atoms. The van der Waals surface area contributed by atoms with E-state index in [4.69, 9.17) is 9.47 Å². The molecule has 0 saturated carbocycles. The van der Waals surface area contributed by atoms with Crippen LogP contribution in [0.25, 0.3) is 10.8 Å². The minimum atomic E-state index is -0.283. The number of unbranched alkanes of at least 4 members (excludes halogenated alkanes) is 1. The van der Waals surface area contributed by atoms with Gasteiger partial charge in [0, 0.05) is 49.7 Å². The van der Waals surface area contributed by atoms with Crippen molar-refractivity contribution in [2.24, 2.45) is 5.92 Å². The number of benzene rings is 2. The molecule has 3 aromatic rings. The van der Waals surface area contributed by atoms with Crippen LogP contribution in [0.3, 0.4) is 0 Å².